The van der Waals surface area contributed by atoms with E-state index in [1.54, 1.807) is 12.1 Å². The second-order valence-electron chi connectivity index (χ2n) is 4.04. The summed E-state index contributed by atoms with van der Waals surface area (Å²) in [5.74, 6) is -0.355. The smallest absolute Gasteiger partial charge is 0.255 e. The van der Waals surface area contributed by atoms with Gasteiger partial charge in [0.15, 0.2) is 0 Å². The van der Waals surface area contributed by atoms with Crippen LogP contribution >= 0.6 is 15.9 Å². The third-order valence-electron chi connectivity index (χ3n) is 2.20. The lowest BCUT2D eigenvalue weighted by Gasteiger charge is -2.09. The number of hydrogen-bond donors (Lipinski definition) is 1. The van der Waals surface area contributed by atoms with Gasteiger partial charge in [-0.2, -0.15) is 0 Å². The Bertz CT molecular complexity index is 359. The first-order valence-electron chi connectivity index (χ1n) is 5.24. The quantitative estimate of drug-likeness (QED) is 0.904. The summed E-state index contributed by atoms with van der Waals surface area (Å²) in [6.07, 6.45) is 0.887. The highest BCUT2D eigenvalue weighted by Crippen LogP contribution is 2.19. The maximum atomic E-state index is 13.4. The lowest BCUT2D eigenvalue weighted by molar-refractivity contribution is 0.0947. The van der Waals surface area contributed by atoms with E-state index < -0.39 is 5.82 Å². The fourth-order valence-electron chi connectivity index (χ4n) is 1.28. The van der Waals surface area contributed by atoms with E-state index in [-0.39, 0.29) is 11.5 Å². The molecule has 88 valence electrons. The largest absolute Gasteiger partial charge is 0.352 e. The molecule has 1 aromatic carbocycles. The van der Waals surface area contributed by atoms with Gasteiger partial charge in [0.05, 0.1) is 5.56 Å². The van der Waals surface area contributed by atoms with Crippen molar-refractivity contribution >= 4 is 21.8 Å². The van der Waals surface area contributed by atoms with Crippen LogP contribution in [-0.4, -0.2) is 12.5 Å². The zero-order valence-corrected chi connectivity index (χ0v) is 11.0. The molecular formula is C12H15BrFNO. The summed E-state index contributed by atoms with van der Waals surface area (Å²) in [5.41, 5.74) is 0.0752. The molecular weight excluding hydrogens is 273 g/mol. The van der Waals surface area contributed by atoms with Crippen LogP contribution in [0.4, 0.5) is 4.39 Å². The predicted molar refractivity (Wildman–Crippen MR) is 65.9 cm³/mol. The lowest BCUT2D eigenvalue weighted by atomic mass is 10.1. The summed E-state index contributed by atoms with van der Waals surface area (Å²) in [7, 11) is 0. The van der Waals surface area contributed by atoms with Crippen molar-refractivity contribution in [3.8, 4) is 0 Å². The van der Waals surface area contributed by atoms with Crippen LogP contribution in [-0.2, 0) is 0 Å². The molecule has 0 aliphatic rings. The second-order valence-corrected chi connectivity index (χ2v) is 4.89. The fraction of sp³-hybridized carbons (Fsp3) is 0.417. The van der Waals surface area contributed by atoms with Crippen LogP contribution < -0.4 is 5.32 Å². The van der Waals surface area contributed by atoms with E-state index in [0.29, 0.717) is 16.9 Å². The molecule has 1 aromatic rings. The molecule has 4 heteroatoms. The highest BCUT2D eigenvalue weighted by atomic mass is 79.9. The normalized spacial score (nSPS) is 10.6. The minimum absolute atomic E-state index is 0.0752. The monoisotopic (exact) mass is 287 g/mol. The molecule has 1 rings (SSSR count). The van der Waals surface area contributed by atoms with E-state index in [4.69, 9.17) is 0 Å². The number of carbonyl (C=O) groups excluding carboxylic acids is 1. The molecule has 0 bridgehead atoms. The molecule has 0 radical (unpaired) electrons. The molecule has 0 unspecified atom stereocenters. The van der Waals surface area contributed by atoms with E-state index in [1.807, 2.05) is 0 Å². The summed E-state index contributed by atoms with van der Waals surface area (Å²) in [6.45, 7) is 4.72. The van der Waals surface area contributed by atoms with Crippen molar-refractivity contribution in [3.63, 3.8) is 0 Å². The summed E-state index contributed by atoms with van der Waals surface area (Å²) in [4.78, 5) is 11.7. The Morgan fingerprint density at radius 3 is 2.75 bits per heavy atom. The van der Waals surface area contributed by atoms with Crippen LogP contribution in [0.3, 0.4) is 0 Å². The Hall–Kier alpha value is -0.900. The van der Waals surface area contributed by atoms with Crippen LogP contribution in [0.2, 0.25) is 0 Å². The molecule has 0 saturated carbocycles. The summed E-state index contributed by atoms with van der Waals surface area (Å²) in [5, 5.41) is 2.70. The SMILES string of the molecule is CC(C)CCNC(=O)c1c(F)cccc1Br. The van der Waals surface area contributed by atoms with Gasteiger partial charge in [-0.3, -0.25) is 4.79 Å². The van der Waals surface area contributed by atoms with Gasteiger partial charge in [-0.05, 0) is 40.4 Å². The van der Waals surface area contributed by atoms with E-state index in [9.17, 15) is 9.18 Å². The maximum Gasteiger partial charge on any atom is 0.255 e. The maximum absolute atomic E-state index is 13.4. The molecule has 0 aliphatic carbocycles. The molecule has 1 N–H and O–H groups in total. The number of carbonyl (C=O) groups is 1. The van der Waals surface area contributed by atoms with Crippen molar-refractivity contribution in [3.05, 3.63) is 34.1 Å². The van der Waals surface area contributed by atoms with Gasteiger partial charge >= 0.3 is 0 Å². The molecule has 0 aromatic heterocycles. The molecule has 2 nitrogen and oxygen atoms in total. The minimum atomic E-state index is -0.503. The van der Waals surface area contributed by atoms with Gasteiger partial charge in [-0.15, -0.1) is 0 Å². The number of rotatable bonds is 4. The summed E-state index contributed by atoms with van der Waals surface area (Å²) < 4.78 is 13.9. The van der Waals surface area contributed by atoms with E-state index in [0.717, 1.165) is 6.42 Å². The van der Waals surface area contributed by atoms with Crippen molar-refractivity contribution in [1.29, 1.82) is 0 Å². The predicted octanol–water partition coefficient (Wildman–Crippen LogP) is 3.36. The van der Waals surface area contributed by atoms with Crippen molar-refractivity contribution in [2.24, 2.45) is 5.92 Å². The molecule has 0 aliphatic heterocycles. The Labute approximate surface area is 103 Å². The van der Waals surface area contributed by atoms with Gasteiger partial charge in [0.2, 0.25) is 0 Å². The van der Waals surface area contributed by atoms with Crippen molar-refractivity contribution in [2.45, 2.75) is 20.3 Å². The van der Waals surface area contributed by atoms with Crippen LogP contribution in [0.25, 0.3) is 0 Å². The van der Waals surface area contributed by atoms with Crippen LogP contribution in [0.5, 0.6) is 0 Å². The molecule has 16 heavy (non-hydrogen) atoms. The van der Waals surface area contributed by atoms with Crippen molar-refractivity contribution in [1.82, 2.24) is 5.32 Å². The van der Waals surface area contributed by atoms with E-state index >= 15 is 0 Å². The molecule has 0 spiro atoms. The third-order valence-corrected chi connectivity index (χ3v) is 2.86. The lowest BCUT2D eigenvalue weighted by Crippen LogP contribution is -2.26. The van der Waals surface area contributed by atoms with Crippen LogP contribution in [0.15, 0.2) is 22.7 Å². The summed E-state index contributed by atoms with van der Waals surface area (Å²) >= 11 is 3.17. The average molecular weight is 288 g/mol. The number of benzene rings is 1. The highest BCUT2D eigenvalue weighted by Gasteiger charge is 2.14. The number of nitrogens with one attached hydrogen (secondary N) is 1. The van der Waals surface area contributed by atoms with Crippen molar-refractivity contribution < 1.29 is 9.18 Å². The minimum Gasteiger partial charge on any atom is -0.352 e. The van der Waals surface area contributed by atoms with Gasteiger partial charge in [0.25, 0.3) is 5.91 Å². The van der Waals surface area contributed by atoms with E-state index in [2.05, 4.69) is 35.1 Å². The molecule has 1 amide bonds. The summed E-state index contributed by atoms with van der Waals surface area (Å²) in [6, 6.07) is 4.49. The zero-order chi connectivity index (χ0) is 12.1. The Morgan fingerprint density at radius 2 is 2.19 bits per heavy atom. The number of halogens is 2. The van der Waals surface area contributed by atoms with Gasteiger partial charge in [-0.25, -0.2) is 4.39 Å². The van der Waals surface area contributed by atoms with Gasteiger partial charge in [0, 0.05) is 11.0 Å². The molecule has 0 heterocycles. The zero-order valence-electron chi connectivity index (χ0n) is 9.39. The Balaban J connectivity index is 2.66. The third kappa shape index (κ3) is 3.59. The average Bonchev–Trinajstić information content (AvgIpc) is 2.16. The van der Waals surface area contributed by atoms with Crippen LogP contribution in [0, 0.1) is 11.7 Å². The first-order valence-corrected chi connectivity index (χ1v) is 6.04. The standard InChI is InChI=1S/C12H15BrFNO/c1-8(2)6-7-15-12(16)11-9(13)4-3-5-10(11)14/h3-5,8H,6-7H2,1-2H3,(H,15,16). The first kappa shape index (κ1) is 13.2. The van der Waals surface area contributed by atoms with Gasteiger partial charge in [0.1, 0.15) is 5.82 Å². The highest BCUT2D eigenvalue weighted by molar-refractivity contribution is 9.10. The Kier molecular flexibility index (Phi) is 4.93. The van der Waals surface area contributed by atoms with Gasteiger partial charge < -0.3 is 5.32 Å². The molecule has 0 fully saturated rings. The topological polar surface area (TPSA) is 29.1 Å². The second kappa shape index (κ2) is 5.99. The first-order chi connectivity index (χ1) is 7.52. The van der Waals surface area contributed by atoms with Crippen LogP contribution in [0.1, 0.15) is 30.6 Å². The number of hydrogen-bond acceptors (Lipinski definition) is 1. The Morgan fingerprint density at radius 1 is 1.50 bits per heavy atom. The number of amides is 1. The van der Waals surface area contributed by atoms with Crippen molar-refractivity contribution in [2.75, 3.05) is 6.54 Å². The van der Waals surface area contributed by atoms with E-state index in [1.165, 1.54) is 6.07 Å². The molecule has 0 saturated heterocycles. The fourth-order valence-corrected chi connectivity index (χ4v) is 1.80. The molecule has 0 atom stereocenters. The van der Waals surface area contributed by atoms with Gasteiger partial charge in [-0.1, -0.05) is 19.9 Å².